The Morgan fingerprint density at radius 2 is 0.800 bits per heavy atom. The normalized spacial score (nSPS) is 13.1. The van der Waals surface area contributed by atoms with Gasteiger partial charge >= 0.3 is 11.9 Å². The Morgan fingerprint density at radius 1 is 0.489 bits per heavy atom. The lowest BCUT2D eigenvalue weighted by molar-refractivity contribution is -0.166. The zero-order valence-electron chi connectivity index (χ0n) is 30.2. The van der Waals surface area contributed by atoms with E-state index in [4.69, 9.17) is 15.2 Å². The maximum atomic E-state index is 12.3. The minimum atomic E-state index is -0.585. The van der Waals surface area contributed by atoms with Gasteiger partial charge in [0.05, 0.1) is 0 Å². The second kappa shape index (κ2) is 35.2. The van der Waals surface area contributed by atoms with Gasteiger partial charge in [0.15, 0.2) is 6.10 Å². The molecule has 2 unspecified atom stereocenters. The van der Waals surface area contributed by atoms with Crippen molar-refractivity contribution in [3.05, 3.63) is 24.3 Å². The minimum absolute atomic E-state index is 0.153. The van der Waals surface area contributed by atoms with Gasteiger partial charge in [-0.05, 0) is 71.1 Å². The zero-order valence-corrected chi connectivity index (χ0v) is 30.2. The fourth-order valence-corrected chi connectivity index (χ4v) is 5.59. The van der Waals surface area contributed by atoms with E-state index in [9.17, 15) is 9.59 Å². The Morgan fingerprint density at radius 3 is 1.16 bits per heavy atom. The quantitative estimate of drug-likeness (QED) is 0.0433. The first-order chi connectivity index (χ1) is 22.0. The third-order valence-electron chi connectivity index (χ3n) is 8.64. The van der Waals surface area contributed by atoms with Gasteiger partial charge in [-0.3, -0.25) is 9.59 Å². The molecule has 0 heterocycles. The number of rotatable bonds is 34. The van der Waals surface area contributed by atoms with Crippen molar-refractivity contribution < 1.29 is 19.1 Å². The number of carbonyl (C=O) groups excluding carboxylic acids is 2. The molecule has 0 rings (SSSR count). The molecule has 0 aliphatic rings. The summed E-state index contributed by atoms with van der Waals surface area (Å²) >= 11 is 0. The van der Waals surface area contributed by atoms with Crippen LogP contribution in [-0.2, 0) is 19.1 Å². The molecule has 0 amide bonds. The summed E-state index contributed by atoms with van der Waals surface area (Å²) in [5.41, 5.74) is 5.84. The summed E-state index contributed by atoms with van der Waals surface area (Å²) in [4.78, 5) is 24.6. The molecule has 0 aromatic carbocycles. The summed E-state index contributed by atoms with van der Waals surface area (Å²) in [5, 5.41) is 0. The van der Waals surface area contributed by atoms with E-state index in [2.05, 4.69) is 38.2 Å². The van der Waals surface area contributed by atoms with E-state index in [1.807, 2.05) is 0 Å². The monoisotopic (exact) mass is 634 g/mol. The lowest BCUT2D eigenvalue weighted by Crippen LogP contribution is -2.38. The standard InChI is InChI=1S/C40H75NO4/c1-4-6-8-10-12-14-16-18-20-22-24-26-28-30-32-34-39(42)44-37(3)38(36-41)45-40(43)35-33-31-29-27-25-23-21-19-17-15-13-11-9-7-5-2/h18-21,37-38H,4-17,22-36,41H2,1-3H3/b20-18-,21-19-. The molecule has 2 atom stereocenters. The van der Waals surface area contributed by atoms with Crippen molar-refractivity contribution in [1.29, 1.82) is 0 Å². The number of ether oxygens (including phenoxy) is 2. The van der Waals surface area contributed by atoms with Crippen LogP contribution in [0.2, 0.25) is 0 Å². The first-order valence-corrected chi connectivity index (χ1v) is 19.4. The van der Waals surface area contributed by atoms with E-state index in [1.54, 1.807) is 6.92 Å². The third-order valence-corrected chi connectivity index (χ3v) is 8.64. The van der Waals surface area contributed by atoms with Crippen molar-refractivity contribution >= 4 is 11.9 Å². The van der Waals surface area contributed by atoms with Gasteiger partial charge in [-0.2, -0.15) is 0 Å². The zero-order chi connectivity index (χ0) is 33.1. The third kappa shape index (κ3) is 32.1. The van der Waals surface area contributed by atoms with Gasteiger partial charge < -0.3 is 15.2 Å². The highest BCUT2D eigenvalue weighted by Crippen LogP contribution is 2.14. The number of allylic oxidation sites excluding steroid dienone is 4. The Balaban J connectivity index is 3.71. The number of esters is 2. The van der Waals surface area contributed by atoms with E-state index in [0.29, 0.717) is 12.8 Å². The van der Waals surface area contributed by atoms with E-state index in [1.165, 1.54) is 116 Å². The summed E-state index contributed by atoms with van der Waals surface area (Å²) in [6.07, 6.45) is 41.0. The molecule has 0 spiro atoms. The maximum absolute atomic E-state index is 12.3. The van der Waals surface area contributed by atoms with Crippen LogP contribution in [0, 0.1) is 0 Å². The summed E-state index contributed by atoms with van der Waals surface area (Å²) < 4.78 is 11.1. The summed E-state index contributed by atoms with van der Waals surface area (Å²) in [6, 6.07) is 0. The smallest absolute Gasteiger partial charge is 0.306 e. The summed E-state index contributed by atoms with van der Waals surface area (Å²) in [6.45, 7) is 6.45. The first-order valence-electron chi connectivity index (χ1n) is 19.4. The summed E-state index contributed by atoms with van der Waals surface area (Å²) in [7, 11) is 0. The van der Waals surface area contributed by atoms with Gasteiger partial charge in [0.2, 0.25) is 0 Å². The molecule has 0 saturated carbocycles. The molecular weight excluding hydrogens is 558 g/mol. The van der Waals surface area contributed by atoms with E-state index >= 15 is 0 Å². The molecule has 5 heteroatoms. The van der Waals surface area contributed by atoms with Crippen molar-refractivity contribution in [3.8, 4) is 0 Å². The molecule has 0 radical (unpaired) electrons. The summed E-state index contributed by atoms with van der Waals surface area (Å²) in [5.74, 6) is -0.477. The van der Waals surface area contributed by atoms with Crippen LogP contribution >= 0.6 is 0 Å². The van der Waals surface area contributed by atoms with E-state index in [0.717, 1.165) is 51.4 Å². The van der Waals surface area contributed by atoms with Crippen molar-refractivity contribution in [2.45, 2.75) is 213 Å². The van der Waals surface area contributed by atoms with Crippen molar-refractivity contribution in [2.24, 2.45) is 5.73 Å². The van der Waals surface area contributed by atoms with Crippen LogP contribution in [0.15, 0.2) is 24.3 Å². The Labute approximate surface area is 279 Å². The molecular formula is C40H75NO4. The Kier molecular flexibility index (Phi) is 34.0. The fourth-order valence-electron chi connectivity index (χ4n) is 5.59. The molecule has 0 aromatic rings. The minimum Gasteiger partial charge on any atom is -0.459 e. The number of hydrogen-bond donors (Lipinski definition) is 1. The van der Waals surface area contributed by atoms with Crippen LogP contribution in [0.1, 0.15) is 201 Å². The van der Waals surface area contributed by atoms with Crippen molar-refractivity contribution in [3.63, 3.8) is 0 Å². The molecule has 0 saturated heterocycles. The lowest BCUT2D eigenvalue weighted by Gasteiger charge is -2.23. The SMILES string of the molecule is CCCCCCCC/C=C\CCCCCCCC(=O)OC(C)C(CN)OC(=O)CCCCCCC/C=C\CCCCCCCC. The predicted octanol–water partition coefficient (Wildman–Crippen LogP) is 11.9. The number of carbonyl (C=O) groups is 2. The second-order valence-electron chi connectivity index (χ2n) is 13.1. The largest absolute Gasteiger partial charge is 0.459 e. The Bertz CT molecular complexity index is 704. The Hall–Kier alpha value is -1.62. The van der Waals surface area contributed by atoms with E-state index in [-0.39, 0.29) is 18.5 Å². The molecule has 2 N–H and O–H groups in total. The maximum Gasteiger partial charge on any atom is 0.306 e. The molecule has 0 aromatic heterocycles. The van der Waals surface area contributed by atoms with Crippen LogP contribution in [-0.4, -0.2) is 30.7 Å². The highest BCUT2D eigenvalue weighted by molar-refractivity contribution is 5.70. The van der Waals surface area contributed by atoms with Crippen molar-refractivity contribution in [2.75, 3.05) is 6.54 Å². The first kappa shape index (κ1) is 43.4. The average molecular weight is 634 g/mol. The molecule has 0 aliphatic carbocycles. The molecule has 0 fully saturated rings. The second-order valence-corrected chi connectivity index (χ2v) is 13.1. The number of hydrogen-bond acceptors (Lipinski definition) is 5. The predicted molar refractivity (Wildman–Crippen MR) is 193 cm³/mol. The van der Waals surface area contributed by atoms with Gasteiger partial charge in [0, 0.05) is 19.4 Å². The van der Waals surface area contributed by atoms with Gasteiger partial charge in [0.25, 0.3) is 0 Å². The van der Waals surface area contributed by atoms with Crippen molar-refractivity contribution in [1.82, 2.24) is 0 Å². The van der Waals surface area contributed by atoms with Crippen LogP contribution in [0.5, 0.6) is 0 Å². The topological polar surface area (TPSA) is 78.6 Å². The molecule has 264 valence electrons. The number of unbranched alkanes of at least 4 members (excludes halogenated alkanes) is 22. The van der Waals surface area contributed by atoms with Gasteiger partial charge in [-0.15, -0.1) is 0 Å². The lowest BCUT2D eigenvalue weighted by atomic mass is 10.1. The van der Waals surface area contributed by atoms with Crippen LogP contribution in [0.3, 0.4) is 0 Å². The molecule has 5 nitrogen and oxygen atoms in total. The molecule has 0 bridgehead atoms. The van der Waals surface area contributed by atoms with Crippen LogP contribution in [0.25, 0.3) is 0 Å². The highest BCUT2D eigenvalue weighted by Gasteiger charge is 2.23. The van der Waals surface area contributed by atoms with Gasteiger partial charge in [-0.1, -0.05) is 141 Å². The number of nitrogens with two attached hydrogens (primary N) is 1. The molecule has 45 heavy (non-hydrogen) atoms. The van der Waals surface area contributed by atoms with E-state index < -0.39 is 12.2 Å². The fraction of sp³-hybridized carbons (Fsp3) is 0.850. The van der Waals surface area contributed by atoms with Crippen LogP contribution in [0.4, 0.5) is 0 Å². The van der Waals surface area contributed by atoms with Crippen LogP contribution < -0.4 is 5.73 Å². The van der Waals surface area contributed by atoms with Gasteiger partial charge in [-0.25, -0.2) is 0 Å². The average Bonchev–Trinajstić information content (AvgIpc) is 3.03. The van der Waals surface area contributed by atoms with Gasteiger partial charge in [0.1, 0.15) is 6.10 Å². The highest BCUT2D eigenvalue weighted by atomic mass is 16.6. The molecule has 0 aliphatic heterocycles.